The van der Waals surface area contributed by atoms with Gasteiger partial charge in [-0.1, -0.05) is 176 Å². The van der Waals surface area contributed by atoms with Crippen molar-refractivity contribution >= 4 is 42.3 Å². The first-order valence-corrected chi connectivity index (χ1v) is 18.6. The quantitative estimate of drug-likeness (QED) is 0.174. The van der Waals surface area contributed by atoms with Crippen LogP contribution in [0.25, 0.3) is 98.5 Å². The Hall–Kier alpha value is -6.75. The SMILES string of the molecule is c1ccc(-c2nc(-c3ccc(-c4ccc(-c5ccccc5-c5ccccc5)c5ccccc45)cc3)nc(-c3cccc4c3sc3ccccc34)n2)cc1. The predicted molar refractivity (Wildman–Crippen MR) is 223 cm³/mol. The van der Waals surface area contributed by atoms with Crippen molar-refractivity contribution in [3.05, 3.63) is 188 Å². The molecule has 0 bridgehead atoms. The van der Waals surface area contributed by atoms with E-state index in [1.165, 1.54) is 58.8 Å². The van der Waals surface area contributed by atoms with E-state index in [9.17, 15) is 0 Å². The average Bonchev–Trinajstić information content (AvgIpc) is 3.63. The number of hydrogen-bond donors (Lipinski definition) is 0. The molecule has 0 saturated heterocycles. The van der Waals surface area contributed by atoms with Crippen molar-refractivity contribution in [1.29, 1.82) is 0 Å². The van der Waals surface area contributed by atoms with Crippen molar-refractivity contribution in [1.82, 2.24) is 15.0 Å². The average molecular weight is 694 g/mol. The van der Waals surface area contributed by atoms with Gasteiger partial charge in [0, 0.05) is 36.9 Å². The molecule has 4 heteroatoms. The van der Waals surface area contributed by atoms with Crippen LogP contribution in [0.1, 0.15) is 0 Å². The van der Waals surface area contributed by atoms with Gasteiger partial charge in [0.05, 0.1) is 0 Å². The fourth-order valence-electron chi connectivity index (χ4n) is 7.44. The molecule has 0 atom stereocenters. The van der Waals surface area contributed by atoms with Gasteiger partial charge in [-0.05, 0) is 56.3 Å². The second kappa shape index (κ2) is 13.1. The second-order valence-corrected chi connectivity index (χ2v) is 14.2. The number of thiophene rings is 1. The summed E-state index contributed by atoms with van der Waals surface area (Å²) in [7, 11) is 0. The number of hydrogen-bond acceptors (Lipinski definition) is 4. The van der Waals surface area contributed by atoms with Gasteiger partial charge in [-0.15, -0.1) is 11.3 Å². The first kappa shape index (κ1) is 31.0. The van der Waals surface area contributed by atoms with Crippen molar-refractivity contribution in [3.8, 4) is 67.5 Å². The van der Waals surface area contributed by atoms with Crippen LogP contribution in [0.2, 0.25) is 0 Å². The Balaban J connectivity index is 1.08. The lowest BCUT2D eigenvalue weighted by Gasteiger charge is -2.15. The zero-order chi connectivity index (χ0) is 35.1. The summed E-state index contributed by atoms with van der Waals surface area (Å²) in [4.78, 5) is 15.2. The monoisotopic (exact) mass is 693 g/mol. The molecule has 0 spiro atoms. The molecule has 10 aromatic rings. The first-order chi connectivity index (χ1) is 26.3. The summed E-state index contributed by atoms with van der Waals surface area (Å²) in [5.74, 6) is 1.98. The number of aromatic nitrogens is 3. The third kappa shape index (κ3) is 5.57. The maximum Gasteiger partial charge on any atom is 0.165 e. The highest BCUT2D eigenvalue weighted by Crippen LogP contribution is 2.41. The van der Waals surface area contributed by atoms with Gasteiger partial charge in [0.15, 0.2) is 17.5 Å². The third-order valence-corrected chi connectivity index (χ3v) is 11.2. The van der Waals surface area contributed by atoms with Crippen LogP contribution < -0.4 is 0 Å². The number of fused-ring (bicyclic) bond motifs is 4. The van der Waals surface area contributed by atoms with Crippen molar-refractivity contribution < 1.29 is 0 Å². The van der Waals surface area contributed by atoms with Crippen LogP contribution in [0, 0.1) is 0 Å². The highest BCUT2D eigenvalue weighted by atomic mass is 32.1. The Morgan fingerprint density at radius 3 is 1.47 bits per heavy atom. The van der Waals surface area contributed by atoms with E-state index in [0.717, 1.165) is 22.3 Å². The fraction of sp³-hybridized carbons (Fsp3) is 0. The van der Waals surface area contributed by atoms with E-state index in [4.69, 9.17) is 15.0 Å². The summed E-state index contributed by atoms with van der Waals surface area (Å²) in [5, 5.41) is 4.91. The Kier molecular flexibility index (Phi) is 7.67. The molecule has 0 aliphatic carbocycles. The molecular weight excluding hydrogens is 663 g/mol. The molecular formula is C49H31N3S. The highest BCUT2D eigenvalue weighted by Gasteiger charge is 2.17. The summed E-state index contributed by atoms with van der Waals surface area (Å²) in [5.41, 5.74) is 10.1. The van der Waals surface area contributed by atoms with Gasteiger partial charge in [0.25, 0.3) is 0 Å². The van der Waals surface area contributed by atoms with Gasteiger partial charge in [-0.3, -0.25) is 0 Å². The molecule has 10 rings (SSSR count). The van der Waals surface area contributed by atoms with Crippen LogP contribution in [0.3, 0.4) is 0 Å². The molecule has 0 saturated carbocycles. The number of nitrogens with zero attached hydrogens (tertiary/aromatic N) is 3. The van der Waals surface area contributed by atoms with E-state index in [0.29, 0.717) is 17.5 Å². The summed E-state index contributed by atoms with van der Waals surface area (Å²) in [6.45, 7) is 0. The molecule has 53 heavy (non-hydrogen) atoms. The van der Waals surface area contributed by atoms with Crippen LogP contribution in [0.15, 0.2) is 188 Å². The molecule has 8 aromatic carbocycles. The van der Waals surface area contributed by atoms with Crippen LogP contribution in [-0.4, -0.2) is 15.0 Å². The summed E-state index contributed by atoms with van der Waals surface area (Å²) in [6.07, 6.45) is 0. The highest BCUT2D eigenvalue weighted by molar-refractivity contribution is 7.26. The molecule has 3 nitrogen and oxygen atoms in total. The van der Waals surface area contributed by atoms with Crippen LogP contribution in [-0.2, 0) is 0 Å². The van der Waals surface area contributed by atoms with E-state index < -0.39 is 0 Å². The molecule has 248 valence electrons. The van der Waals surface area contributed by atoms with E-state index in [-0.39, 0.29) is 0 Å². The van der Waals surface area contributed by atoms with Crippen LogP contribution in [0.4, 0.5) is 0 Å². The zero-order valence-corrected chi connectivity index (χ0v) is 29.5. The minimum atomic E-state index is 0.649. The van der Waals surface area contributed by atoms with Crippen molar-refractivity contribution in [2.45, 2.75) is 0 Å². The molecule has 2 aromatic heterocycles. The second-order valence-electron chi connectivity index (χ2n) is 13.1. The van der Waals surface area contributed by atoms with E-state index in [2.05, 4.69) is 170 Å². The first-order valence-electron chi connectivity index (χ1n) is 17.8. The summed E-state index contributed by atoms with van der Waals surface area (Å²) < 4.78 is 2.44. The largest absolute Gasteiger partial charge is 0.208 e. The van der Waals surface area contributed by atoms with Crippen LogP contribution in [0.5, 0.6) is 0 Å². The van der Waals surface area contributed by atoms with Crippen molar-refractivity contribution in [2.24, 2.45) is 0 Å². The molecule has 2 heterocycles. The molecule has 0 aliphatic heterocycles. The normalized spacial score (nSPS) is 11.4. The maximum absolute atomic E-state index is 5.13. The summed E-state index contributed by atoms with van der Waals surface area (Å²) in [6, 6.07) is 66.4. The van der Waals surface area contributed by atoms with Gasteiger partial charge in [-0.25, -0.2) is 15.0 Å². The zero-order valence-electron chi connectivity index (χ0n) is 28.6. The standard InChI is InChI=1S/C49H31N3S/c1-3-14-32(15-4-1)36-18-7-8-19-38(36)41-31-30-37(39-20-9-10-21-40(39)41)33-26-28-35(29-27-33)48-50-47(34-16-5-2-6-17-34)51-49(52-48)44-24-13-23-43-42-22-11-12-25-45(42)53-46(43)44/h1-31H. The van der Waals surface area contributed by atoms with Crippen molar-refractivity contribution in [2.75, 3.05) is 0 Å². The Labute approximate surface area is 311 Å². The van der Waals surface area contributed by atoms with Gasteiger partial charge in [0.1, 0.15) is 0 Å². The van der Waals surface area contributed by atoms with E-state index >= 15 is 0 Å². The lowest BCUT2D eigenvalue weighted by molar-refractivity contribution is 1.08. The third-order valence-electron chi connectivity index (χ3n) is 9.99. The summed E-state index contributed by atoms with van der Waals surface area (Å²) >= 11 is 1.79. The van der Waals surface area contributed by atoms with Gasteiger partial charge in [0.2, 0.25) is 0 Å². The Bertz CT molecular complexity index is 2930. The minimum absolute atomic E-state index is 0.649. The molecule has 0 aliphatic rings. The Morgan fingerprint density at radius 2 is 0.736 bits per heavy atom. The maximum atomic E-state index is 5.13. The van der Waals surface area contributed by atoms with Crippen LogP contribution >= 0.6 is 11.3 Å². The van der Waals surface area contributed by atoms with Gasteiger partial charge >= 0.3 is 0 Å². The van der Waals surface area contributed by atoms with E-state index in [1.807, 2.05) is 18.2 Å². The van der Waals surface area contributed by atoms with Gasteiger partial charge < -0.3 is 0 Å². The molecule has 0 N–H and O–H groups in total. The smallest absolute Gasteiger partial charge is 0.165 e. The predicted octanol–water partition coefficient (Wildman–Crippen LogP) is 13.4. The number of benzene rings is 8. The van der Waals surface area contributed by atoms with Crippen molar-refractivity contribution in [3.63, 3.8) is 0 Å². The topological polar surface area (TPSA) is 38.7 Å². The van der Waals surface area contributed by atoms with E-state index in [1.54, 1.807) is 11.3 Å². The lowest BCUT2D eigenvalue weighted by atomic mass is 9.88. The lowest BCUT2D eigenvalue weighted by Crippen LogP contribution is -2.00. The molecule has 0 amide bonds. The molecule has 0 unspecified atom stereocenters. The Morgan fingerprint density at radius 1 is 0.264 bits per heavy atom. The number of rotatable bonds is 6. The van der Waals surface area contributed by atoms with Gasteiger partial charge in [-0.2, -0.15) is 0 Å². The molecule has 0 radical (unpaired) electrons. The minimum Gasteiger partial charge on any atom is -0.208 e. The fourth-order valence-corrected chi connectivity index (χ4v) is 8.65. The molecule has 0 fully saturated rings.